The Labute approximate surface area is 255 Å². The van der Waals surface area contributed by atoms with Crippen molar-refractivity contribution in [2.45, 2.75) is 31.4 Å². The summed E-state index contributed by atoms with van der Waals surface area (Å²) in [6.45, 7) is 5.25. The van der Waals surface area contributed by atoms with Crippen LogP contribution in [0, 0.1) is 0 Å². The summed E-state index contributed by atoms with van der Waals surface area (Å²) in [5, 5.41) is 10.2. The minimum atomic E-state index is -0.0500. The lowest BCUT2D eigenvalue weighted by Crippen LogP contribution is -2.56. The Morgan fingerprint density at radius 3 is 2.45 bits per heavy atom. The van der Waals surface area contributed by atoms with E-state index in [-0.39, 0.29) is 23.5 Å². The van der Waals surface area contributed by atoms with E-state index in [4.69, 9.17) is 0 Å². The minimum absolute atomic E-state index is 0.0150. The molecule has 0 aliphatic carbocycles. The van der Waals surface area contributed by atoms with Crippen molar-refractivity contribution in [3.05, 3.63) is 94.9 Å². The Morgan fingerprint density at radius 2 is 1.69 bits per heavy atom. The fourth-order valence-corrected chi connectivity index (χ4v) is 7.88. The number of thiophene rings is 1. The fourth-order valence-electron chi connectivity index (χ4n) is 5.83. The van der Waals surface area contributed by atoms with Crippen LogP contribution in [0.15, 0.2) is 78.9 Å². The molecule has 0 bridgehead atoms. The summed E-state index contributed by atoms with van der Waals surface area (Å²) in [5.41, 5.74) is 3.12. The maximum absolute atomic E-state index is 13.0. The van der Waals surface area contributed by atoms with E-state index < -0.39 is 0 Å². The summed E-state index contributed by atoms with van der Waals surface area (Å²) in [6.07, 6.45) is 1.52. The third-order valence-corrected chi connectivity index (χ3v) is 10.5. The fraction of sp³-hybridized carbons (Fsp3) is 0.333. The Bertz CT molecular complexity index is 1550. The van der Waals surface area contributed by atoms with E-state index in [0.717, 1.165) is 54.6 Å². The molecule has 9 heteroatoms. The van der Waals surface area contributed by atoms with Gasteiger partial charge in [0.1, 0.15) is 5.50 Å². The zero-order chi connectivity index (χ0) is 29.1. The number of benzene rings is 3. The van der Waals surface area contributed by atoms with Gasteiger partial charge in [-0.3, -0.25) is 19.4 Å². The number of carbonyl (C=O) groups is 2. The topological polar surface area (TPSA) is 67.9 Å². The summed E-state index contributed by atoms with van der Waals surface area (Å²) in [4.78, 5) is 34.2. The Hall–Kier alpha value is -3.37. The number of nitrogens with one attached hydrogen (secondary N) is 2. The largest absolute Gasteiger partial charge is 0.352 e. The van der Waals surface area contributed by atoms with Gasteiger partial charge >= 0.3 is 0 Å². The molecule has 2 atom stereocenters. The lowest BCUT2D eigenvalue weighted by atomic mass is 10.1. The molecule has 2 aliphatic heterocycles. The molecule has 0 saturated carbocycles. The van der Waals surface area contributed by atoms with Crippen LogP contribution < -0.4 is 10.6 Å². The lowest BCUT2D eigenvalue weighted by Gasteiger charge is -2.47. The van der Waals surface area contributed by atoms with E-state index in [1.54, 1.807) is 11.8 Å². The van der Waals surface area contributed by atoms with Gasteiger partial charge in [0, 0.05) is 42.3 Å². The van der Waals surface area contributed by atoms with Crippen LogP contribution in [0.5, 0.6) is 0 Å². The average Bonchev–Trinajstić information content (AvgIpc) is 3.43. The molecule has 4 aromatic rings. The first-order valence-corrected chi connectivity index (χ1v) is 16.4. The minimum Gasteiger partial charge on any atom is -0.352 e. The van der Waals surface area contributed by atoms with E-state index in [0.29, 0.717) is 12.2 Å². The highest BCUT2D eigenvalue weighted by atomic mass is 32.2. The van der Waals surface area contributed by atoms with Gasteiger partial charge in [0.05, 0.1) is 23.3 Å². The van der Waals surface area contributed by atoms with Crippen LogP contribution in [0.4, 0.5) is 10.7 Å². The molecule has 7 nitrogen and oxygen atoms in total. The van der Waals surface area contributed by atoms with Gasteiger partial charge in [0.25, 0.3) is 0 Å². The highest BCUT2D eigenvalue weighted by molar-refractivity contribution is 8.00. The van der Waals surface area contributed by atoms with Crippen molar-refractivity contribution in [1.82, 2.24) is 14.7 Å². The molecule has 1 fully saturated rings. The van der Waals surface area contributed by atoms with Gasteiger partial charge in [-0.15, -0.1) is 23.1 Å². The number of amides is 2. The number of piperazine rings is 1. The van der Waals surface area contributed by atoms with E-state index >= 15 is 0 Å². The Balaban J connectivity index is 1.10. The summed E-state index contributed by atoms with van der Waals surface area (Å²) >= 11 is 3.42. The normalized spacial score (nSPS) is 19.3. The van der Waals surface area contributed by atoms with Crippen LogP contribution in [0.25, 0.3) is 10.8 Å². The number of hydrogen-bond donors (Lipinski definition) is 2. The number of nitrogens with zero attached hydrogens (tertiary/aromatic N) is 3. The first-order chi connectivity index (χ1) is 20.5. The number of fused-ring (bicyclic) bond motifs is 2. The maximum atomic E-state index is 13.0. The van der Waals surface area contributed by atoms with E-state index in [1.165, 1.54) is 15.4 Å². The van der Waals surface area contributed by atoms with Crippen LogP contribution in [-0.2, 0) is 22.4 Å². The van der Waals surface area contributed by atoms with Crippen molar-refractivity contribution in [3.63, 3.8) is 0 Å². The summed E-state index contributed by atoms with van der Waals surface area (Å²) in [5.74, 6) is 0.513. The molecule has 2 unspecified atom stereocenters. The van der Waals surface area contributed by atoms with Crippen molar-refractivity contribution in [1.29, 1.82) is 0 Å². The molecule has 3 heterocycles. The van der Waals surface area contributed by atoms with Gasteiger partial charge in [-0.2, -0.15) is 0 Å². The van der Waals surface area contributed by atoms with Crippen LogP contribution in [0.3, 0.4) is 0 Å². The molecular weight excluding hydrogens is 563 g/mol. The third kappa shape index (κ3) is 6.34. The SMILES string of the molecule is CCc1cc2c(s1)NC(SCC(=O)Nc1ccc3ccccc3c1)N(C)C2N1CCN(C(=O)Cc2ccccc2)CC1. The average molecular weight is 600 g/mol. The molecule has 2 amide bonds. The van der Waals surface area contributed by atoms with Gasteiger partial charge in [-0.05, 0) is 48.0 Å². The second-order valence-corrected chi connectivity index (χ2v) is 13.1. The summed E-state index contributed by atoms with van der Waals surface area (Å²) in [7, 11) is 2.13. The van der Waals surface area contributed by atoms with Gasteiger partial charge < -0.3 is 15.5 Å². The molecule has 2 aliphatic rings. The third-order valence-electron chi connectivity index (χ3n) is 8.07. The van der Waals surface area contributed by atoms with Gasteiger partial charge in [0.2, 0.25) is 11.8 Å². The van der Waals surface area contributed by atoms with Crippen molar-refractivity contribution in [2.75, 3.05) is 49.6 Å². The maximum Gasteiger partial charge on any atom is 0.234 e. The molecule has 2 N–H and O–H groups in total. The van der Waals surface area contributed by atoms with E-state index in [1.807, 2.05) is 76.9 Å². The molecule has 0 spiro atoms. The van der Waals surface area contributed by atoms with E-state index in [9.17, 15) is 9.59 Å². The molecule has 0 radical (unpaired) electrons. The first kappa shape index (κ1) is 28.7. The monoisotopic (exact) mass is 599 g/mol. The molecule has 42 heavy (non-hydrogen) atoms. The highest BCUT2D eigenvalue weighted by Crippen LogP contribution is 2.44. The lowest BCUT2D eigenvalue weighted by molar-refractivity contribution is -0.133. The summed E-state index contributed by atoms with van der Waals surface area (Å²) in [6, 6.07) is 26.5. The van der Waals surface area contributed by atoms with Gasteiger partial charge in [0.15, 0.2) is 0 Å². The van der Waals surface area contributed by atoms with Crippen LogP contribution >= 0.6 is 23.1 Å². The Kier molecular flexibility index (Phi) is 8.81. The van der Waals surface area contributed by atoms with Crippen LogP contribution in [-0.4, -0.2) is 71.0 Å². The van der Waals surface area contributed by atoms with Gasteiger partial charge in [-0.1, -0.05) is 67.6 Å². The second-order valence-electron chi connectivity index (χ2n) is 10.9. The second kappa shape index (κ2) is 12.9. The molecule has 1 aromatic heterocycles. The van der Waals surface area contributed by atoms with Crippen LogP contribution in [0.2, 0.25) is 0 Å². The molecule has 6 rings (SSSR count). The molecule has 218 valence electrons. The number of thioether (sulfide) groups is 1. The predicted octanol–water partition coefficient (Wildman–Crippen LogP) is 5.86. The standard InChI is InChI=1S/C33H37N5O2S2/c1-3-27-21-28-31(42-27)35-33(41-22-29(39)34-26-14-13-24-11-7-8-12-25(24)20-26)36(2)32(28)38-17-15-37(16-18-38)30(40)19-23-9-5-4-6-10-23/h4-14,20-21,32-33,35H,3,15-19,22H2,1-2H3,(H,34,39). The smallest absolute Gasteiger partial charge is 0.234 e. The Morgan fingerprint density at radius 1 is 0.952 bits per heavy atom. The summed E-state index contributed by atoms with van der Waals surface area (Å²) < 4.78 is 0. The quantitative estimate of drug-likeness (QED) is 0.265. The predicted molar refractivity (Wildman–Crippen MR) is 175 cm³/mol. The van der Waals surface area contributed by atoms with Crippen molar-refractivity contribution in [2.24, 2.45) is 0 Å². The number of hydrogen-bond acceptors (Lipinski definition) is 7. The number of rotatable bonds is 8. The van der Waals surface area contributed by atoms with Crippen molar-refractivity contribution < 1.29 is 9.59 Å². The zero-order valence-corrected chi connectivity index (χ0v) is 25.7. The molecule has 3 aromatic carbocycles. The first-order valence-electron chi connectivity index (χ1n) is 14.6. The number of carbonyl (C=O) groups excluding carboxylic acids is 2. The number of aryl methyl sites for hydroxylation is 1. The van der Waals surface area contributed by atoms with E-state index in [2.05, 4.69) is 52.6 Å². The van der Waals surface area contributed by atoms with Gasteiger partial charge in [-0.25, -0.2) is 0 Å². The van der Waals surface area contributed by atoms with Crippen molar-refractivity contribution in [3.8, 4) is 0 Å². The number of anilines is 2. The van der Waals surface area contributed by atoms with Crippen molar-refractivity contribution >= 4 is 56.4 Å². The zero-order valence-electron chi connectivity index (χ0n) is 24.1. The highest BCUT2D eigenvalue weighted by Gasteiger charge is 2.38. The molecular formula is C33H37N5O2S2. The molecule has 1 saturated heterocycles. The van der Waals surface area contributed by atoms with Crippen LogP contribution in [0.1, 0.15) is 29.1 Å².